The fourth-order valence-electron chi connectivity index (χ4n) is 4.70. The number of carbonyl (C=O) groups is 2. The number of aromatic nitrogens is 1. The molecule has 0 aliphatic carbocycles. The number of benzene rings is 3. The zero-order chi connectivity index (χ0) is 27.6. The minimum absolute atomic E-state index is 0.0585. The van der Waals surface area contributed by atoms with Gasteiger partial charge in [0.05, 0.1) is 16.1 Å². The van der Waals surface area contributed by atoms with Crippen LogP contribution in [0.4, 0.5) is 5.69 Å². The van der Waals surface area contributed by atoms with Crippen molar-refractivity contribution >= 4 is 40.1 Å². The van der Waals surface area contributed by atoms with E-state index in [0.717, 1.165) is 16.0 Å². The molecule has 6 nitrogen and oxygen atoms in total. The molecule has 5 aromatic rings. The molecule has 6 rings (SSSR count). The smallest absolute Gasteiger partial charge is 0.294 e. The minimum atomic E-state index is -0.766. The van der Waals surface area contributed by atoms with Gasteiger partial charge in [-0.1, -0.05) is 66.7 Å². The Labute approximate surface area is 239 Å². The van der Waals surface area contributed by atoms with Gasteiger partial charge in [-0.3, -0.25) is 14.5 Å². The lowest BCUT2D eigenvalue weighted by Crippen LogP contribution is -2.30. The molecule has 2 aromatic heterocycles. The summed E-state index contributed by atoms with van der Waals surface area (Å²) in [5.41, 5.74) is 3.12. The third-order valence-electron chi connectivity index (χ3n) is 6.65. The van der Waals surface area contributed by atoms with E-state index in [4.69, 9.17) is 4.74 Å². The maximum Gasteiger partial charge on any atom is 0.294 e. The number of Topliss-reactive ketones (excluding diaryl/α,β-unsaturated/α-hetero) is 1. The highest BCUT2D eigenvalue weighted by atomic mass is 32.1. The Kier molecular flexibility index (Phi) is 7.02. The average Bonchev–Trinajstić information content (AvgIpc) is 3.72. The van der Waals surface area contributed by atoms with Crippen LogP contribution < -0.4 is 9.64 Å². The van der Waals surface area contributed by atoms with E-state index in [1.807, 2.05) is 78.2 Å². The van der Waals surface area contributed by atoms with Gasteiger partial charge in [0.15, 0.2) is 5.76 Å². The van der Waals surface area contributed by atoms with Gasteiger partial charge in [0.1, 0.15) is 23.4 Å². The highest BCUT2D eigenvalue weighted by Gasteiger charge is 2.45. The van der Waals surface area contributed by atoms with Crippen molar-refractivity contribution < 1.29 is 19.4 Å². The number of hydrogen-bond acceptors (Lipinski definition) is 7. The summed E-state index contributed by atoms with van der Waals surface area (Å²) in [7, 11) is 0. The predicted molar refractivity (Wildman–Crippen MR) is 158 cm³/mol. The van der Waals surface area contributed by atoms with Crippen LogP contribution in [0.25, 0.3) is 10.6 Å². The van der Waals surface area contributed by atoms with E-state index in [1.165, 1.54) is 27.6 Å². The zero-order valence-corrected chi connectivity index (χ0v) is 23.1. The van der Waals surface area contributed by atoms with Crippen LogP contribution in [0.2, 0.25) is 0 Å². The van der Waals surface area contributed by atoms with Crippen molar-refractivity contribution in [1.29, 1.82) is 0 Å². The number of thiazole rings is 1. The molecule has 3 aromatic carbocycles. The van der Waals surface area contributed by atoms with E-state index in [9.17, 15) is 14.7 Å². The minimum Gasteiger partial charge on any atom is -0.503 e. The van der Waals surface area contributed by atoms with E-state index in [2.05, 4.69) is 4.98 Å². The molecule has 0 fully saturated rings. The van der Waals surface area contributed by atoms with Crippen LogP contribution in [-0.4, -0.2) is 21.8 Å². The summed E-state index contributed by atoms with van der Waals surface area (Å²) in [4.78, 5) is 34.7. The van der Waals surface area contributed by atoms with Crippen molar-refractivity contribution in [2.75, 3.05) is 4.90 Å². The topological polar surface area (TPSA) is 79.7 Å². The van der Waals surface area contributed by atoms with E-state index in [1.54, 1.807) is 31.2 Å². The van der Waals surface area contributed by atoms with Gasteiger partial charge in [0, 0.05) is 16.1 Å². The summed E-state index contributed by atoms with van der Waals surface area (Å²) >= 11 is 2.69. The lowest BCUT2D eigenvalue weighted by Gasteiger charge is -2.26. The first-order chi connectivity index (χ1) is 19.5. The van der Waals surface area contributed by atoms with Crippen LogP contribution in [-0.2, 0) is 11.4 Å². The first-order valence-electron chi connectivity index (χ1n) is 12.7. The number of ether oxygens (including phenoxy) is 1. The average molecular weight is 565 g/mol. The number of aliphatic hydroxyl groups is 1. The van der Waals surface area contributed by atoms with Crippen LogP contribution >= 0.6 is 22.7 Å². The summed E-state index contributed by atoms with van der Waals surface area (Å²) < 4.78 is 5.91. The van der Waals surface area contributed by atoms with E-state index >= 15 is 0 Å². The maximum absolute atomic E-state index is 14.0. The molecule has 40 heavy (non-hydrogen) atoms. The van der Waals surface area contributed by atoms with E-state index in [-0.39, 0.29) is 5.57 Å². The fraction of sp³-hybridized carbons (Fsp3) is 0.0938. The Morgan fingerprint density at radius 3 is 2.33 bits per heavy atom. The van der Waals surface area contributed by atoms with Gasteiger partial charge in [-0.25, -0.2) is 4.98 Å². The number of thiophene rings is 1. The number of amides is 1. The van der Waals surface area contributed by atoms with Gasteiger partial charge in [0.25, 0.3) is 5.91 Å². The molecule has 0 bridgehead atoms. The quantitative estimate of drug-likeness (QED) is 0.197. The maximum atomic E-state index is 14.0. The Bertz CT molecular complexity index is 1690. The summed E-state index contributed by atoms with van der Waals surface area (Å²) in [6.07, 6.45) is 0. The number of hydrogen-bond donors (Lipinski definition) is 1. The van der Waals surface area contributed by atoms with Crippen molar-refractivity contribution in [2.45, 2.75) is 19.6 Å². The van der Waals surface area contributed by atoms with Crippen LogP contribution in [0, 0.1) is 6.92 Å². The van der Waals surface area contributed by atoms with Crippen molar-refractivity contribution in [1.82, 2.24) is 4.98 Å². The van der Waals surface area contributed by atoms with E-state index < -0.39 is 23.5 Å². The first kappa shape index (κ1) is 25.7. The summed E-state index contributed by atoms with van der Waals surface area (Å²) in [6.45, 7) is 2.19. The van der Waals surface area contributed by atoms with Gasteiger partial charge >= 0.3 is 0 Å². The highest BCUT2D eigenvalue weighted by Crippen LogP contribution is 2.44. The molecule has 3 heterocycles. The van der Waals surface area contributed by atoms with Crippen molar-refractivity contribution in [3.05, 3.63) is 135 Å². The monoisotopic (exact) mass is 564 g/mol. The summed E-state index contributed by atoms with van der Waals surface area (Å²) in [5.74, 6) is -0.909. The highest BCUT2D eigenvalue weighted by molar-refractivity contribution is 7.17. The number of carbonyl (C=O) groups excluding carboxylic acids is 2. The van der Waals surface area contributed by atoms with Gasteiger partial charge in [-0.2, -0.15) is 0 Å². The standard InChI is InChI=1S/C32H24N2O4S2/c1-20-30(40-31(33-20)22-11-6-3-7-12-22)28(35)26-27(25-13-8-18-39-25)34(32(37)29(26)36)23-14-16-24(17-15-23)38-19-21-9-4-2-5-10-21/h2-18,27,36H,19H2,1H3. The molecule has 1 N–H and O–H groups in total. The van der Waals surface area contributed by atoms with Crippen molar-refractivity contribution in [3.8, 4) is 16.3 Å². The number of rotatable bonds is 8. The molecule has 0 spiro atoms. The van der Waals surface area contributed by atoms with Crippen molar-refractivity contribution in [2.24, 2.45) is 0 Å². The number of aryl methyl sites for hydroxylation is 1. The molecular formula is C32H24N2O4S2. The van der Waals surface area contributed by atoms with Gasteiger partial charge < -0.3 is 9.84 Å². The molecule has 1 atom stereocenters. The molecule has 198 valence electrons. The Hall–Kier alpha value is -4.53. The first-order valence-corrected chi connectivity index (χ1v) is 14.4. The number of ketones is 1. The lowest BCUT2D eigenvalue weighted by molar-refractivity contribution is -0.117. The molecule has 1 amide bonds. The second-order valence-corrected chi connectivity index (χ2v) is 11.2. The molecule has 0 radical (unpaired) electrons. The molecule has 1 aliphatic heterocycles. The molecule has 1 aliphatic rings. The fourth-order valence-corrected chi connectivity index (χ4v) is 6.55. The van der Waals surface area contributed by atoms with Crippen molar-refractivity contribution in [3.63, 3.8) is 0 Å². The number of anilines is 1. The Morgan fingerprint density at radius 1 is 0.950 bits per heavy atom. The summed E-state index contributed by atoms with van der Waals surface area (Å²) in [6, 6.07) is 29.6. The van der Waals surface area contributed by atoms with Gasteiger partial charge in [-0.05, 0) is 48.2 Å². The third-order valence-corrected chi connectivity index (χ3v) is 8.78. The lowest BCUT2D eigenvalue weighted by atomic mass is 10.00. The summed E-state index contributed by atoms with van der Waals surface area (Å²) in [5, 5.41) is 13.7. The number of aliphatic hydroxyl groups excluding tert-OH is 1. The van der Waals surface area contributed by atoms with Crippen LogP contribution in [0.1, 0.15) is 31.8 Å². The molecule has 0 saturated carbocycles. The zero-order valence-electron chi connectivity index (χ0n) is 21.5. The van der Waals surface area contributed by atoms with Gasteiger partial charge in [0.2, 0.25) is 5.78 Å². The molecule has 8 heteroatoms. The Balaban J connectivity index is 1.32. The van der Waals surface area contributed by atoms with Crippen LogP contribution in [0.15, 0.2) is 114 Å². The van der Waals surface area contributed by atoms with Crippen LogP contribution in [0.5, 0.6) is 5.75 Å². The molecular weight excluding hydrogens is 540 g/mol. The Morgan fingerprint density at radius 2 is 1.65 bits per heavy atom. The normalized spacial score (nSPS) is 15.1. The second kappa shape index (κ2) is 10.9. The molecule has 1 unspecified atom stereocenters. The van der Waals surface area contributed by atoms with Crippen LogP contribution in [0.3, 0.4) is 0 Å². The molecule has 0 saturated heterocycles. The van der Waals surface area contributed by atoms with E-state index in [0.29, 0.717) is 33.6 Å². The second-order valence-electron chi connectivity index (χ2n) is 9.25. The van der Waals surface area contributed by atoms with Gasteiger partial charge in [-0.15, -0.1) is 22.7 Å². The SMILES string of the molecule is Cc1nc(-c2ccccc2)sc1C(=O)C1=C(O)C(=O)N(c2ccc(OCc3ccccc3)cc2)C1c1cccs1. The number of nitrogens with zero attached hydrogens (tertiary/aromatic N) is 2. The predicted octanol–water partition coefficient (Wildman–Crippen LogP) is 7.54. The largest absolute Gasteiger partial charge is 0.503 e. The third kappa shape index (κ3) is 4.83.